The quantitative estimate of drug-likeness (QED) is 0.192. The van der Waals surface area contributed by atoms with Crippen LogP contribution in [0.4, 0.5) is 5.69 Å². The molecule has 0 bridgehead atoms. The van der Waals surface area contributed by atoms with Crippen LogP contribution in [0.2, 0.25) is 0 Å². The number of rotatable bonds is 2. The molecule has 4 heterocycles. The summed E-state index contributed by atoms with van der Waals surface area (Å²) < 4.78 is 7.34. The molecule has 0 saturated heterocycles. The Bertz CT molecular complexity index is 3330. The van der Waals surface area contributed by atoms with Gasteiger partial charge in [-0.15, -0.1) is 11.3 Å². The topological polar surface area (TPSA) is 34.2 Å². The molecule has 5 heteroatoms. The third-order valence-electron chi connectivity index (χ3n) is 11.1. The standard InChI is InChI=1S/C48H30N4S/c1-2-14-32(15-3-1)51-41-20-10-7-16-33(41)37-27-38-34-17-8-11-21-42(34)52(44(38)28-43(37)51)48-49-40-19-9-6-18-36(40)47(50-48)31-22-23-35-39-24-29-12-4-5-13-30(29)25-46(39)53-45(35)26-31/h1-28,47H,(H,49,50). The lowest BCUT2D eigenvalue weighted by molar-refractivity contribution is 0.732. The maximum atomic E-state index is 5.36. The van der Waals surface area contributed by atoms with Gasteiger partial charge in [0.1, 0.15) is 0 Å². The Labute approximate surface area is 308 Å². The Hall–Kier alpha value is -6.69. The second kappa shape index (κ2) is 10.9. The van der Waals surface area contributed by atoms with Crippen LogP contribution >= 0.6 is 11.3 Å². The average molecular weight is 695 g/mol. The van der Waals surface area contributed by atoms with Crippen molar-refractivity contribution in [3.05, 3.63) is 181 Å². The van der Waals surface area contributed by atoms with Crippen LogP contribution < -0.4 is 5.32 Å². The van der Waals surface area contributed by atoms with Crippen LogP contribution in [0.3, 0.4) is 0 Å². The van der Waals surface area contributed by atoms with Gasteiger partial charge in [0.05, 0.1) is 33.8 Å². The average Bonchev–Trinajstić information content (AvgIpc) is 3.85. The van der Waals surface area contributed by atoms with Crippen molar-refractivity contribution < 1.29 is 0 Å². The summed E-state index contributed by atoms with van der Waals surface area (Å²) in [5.74, 6) is 0.823. The van der Waals surface area contributed by atoms with E-state index < -0.39 is 0 Å². The second-order valence-electron chi connectivity index (χ2n) is 14.1. The van der Waals surface area contributed by atoms with Gasteiger partial charge in [0.25, 0.3) is 0 Å². The number of aliphatic imine (C=N–C) groups is 1. The zero-order chi connectivity index (χ0) is 34.6. The maximum Gasteiger partial charge on any atom is 0.209 e. The minimum atomic E-state index is -0.0805. The number of para-hydroxylation sites is 4. The molecule has 0 fully saturated rings. The minimum Gasteiger partial charge on any atom is -0.344 e. The van der Waals surface area contributed by atoms with E-state index in [0.29, 0.717) is 0 Å². The fourth-order valence-electron chi connectivity index (χ4n) is 8.74. The van der Waals surface area contributed by atoms with Crippen LogP contribution in [0.1, 0.15) is 17.2 Å². The minimum absolute atomic E-state index is 0.0805. The largest absolute Gasteiger partial charge is 0.344 e. The van der Waals surface area contributed by atoms with Gasteiger partial charge in [-0.1, -0.05) is 109 Å². The molecule has 3 aromatic heterocycles. The maximum absolute atomic E-state index is 5.36. The van der Waals surface area contributed by atoms with Gasteiger partial charge in [-0.3, -0.25) is 4.57 Å². The van der Waals surface area contributed by atoms with Gasteiger partial charge in [-0.25, -0.2) is 4.99 Å². The van der Waals surface area contributed by atoms with Crippen LogP contribution in [-0.2, 0) is 0 Å². The molecule has 0 saturated carbocycles. The van der Waals surface area contributed by atoms with Crippen LogP contribution in [0.25, 0.3) is 80.2 Å². The number of aromatic nitrogens is 2. The Kier molecular flexibility index (Phi) is 5.96. The Morgan fingerprint density at radius 2 is 1.09 bits per heavy atom. The monoisotopic (exact) mass is 694 g/mol. The Morgan fingerprint density at radius 3 is 1.91 bits per heavy atom. The summed E-state index contributed by atoms with van der Waals surface area (Å²) in [6.45, 7) is 0. The number of nitrogens with one attached hydrogen (secondary N) is 1. The molecule has 0 spiro atoms. The molecular weight excluding hydrogens is 665 g/mol. The molecule has 1 aliphatic heterocycles. The summed E-state index contributed by atoms with van der Waals surface area (Å²) >= 11 is 1.87. The van der Waals surface area contributed by atoms with E-state index in [0.717, 1.165) is 28.4 Å². The van der Waals surface area contributed by atoms with E-state index in [1.807, 2.05) is 11.3 Å². The zero-order valence-electron chi connectivity index (χ0n) is 28.5. The lowest BCUT2D eigenvalue weighted by atomic mass is 9.95. The highest BCUT2D eigenvalue weighted by molar-refractivity contribution is 7.25. The van der Waals surface area contributed by atoms with E-state index in [2.05, 4.69) is 184 Å². The number of benzene rings is 8. The van der Waals surface area contributed by atoms with E-state index in [4.69, 9.17) is 4.99 Å². The van der Waals surface area contributed by atoms with Crippen molar-refractivity contribution in [3.8, 4) is 5.69 Å². The summed E-state index contributed by atoms with van der Waals surface area (Å²) in [7, 11) is 0. The van der Waals surface area contributed by atoms with Gasteiger partial charge in [0.2, 0.25) is 5.96 Å². The van der Waals surface area contributed by atoms with Gasteiger partial charge in [0, 0.05) is 53.0 Å². The molecule has 53 heavy (non-hydrogen) atoms. The highest BCUT2D eigenvalue weighted by Crippen LogP contribution is 2.42. The smallest absolute Gasteiger partial charge is 0.209 e. The SMILES string of the molecule is c1ccc(-n2c3ccccc3c3cc4c5ccccc5n(C5=Nc6ccccc6C(c6ccc7c(c6)sc6cc8ccccc8cc67)N5)c4cc32)cc1. The van der Waals surface area contributed by atoms with E-state index in [1.165, 1.54) is 74.6 Å². The van der Waals surface area contributed by atoms with Crippen LogP contribution in [0, 0.1) is 0 Å². The van der Waals surface area contributed by atoms with Crippen molar-refractivity contribution in [1.82, 2.24) is 14.5 Å². The van der Waals surface area contributed by atoms with Crippen molar-refractivity contribution in [3.63, 3.8) is 0 Å². The summed E-state index contributed by atoms with van der Waals surface area (Å²) in [6.07, 6.45) is 0. The lowest BCUT2D eigenvalue weighted by Crippen LogP contribution is -2.36. The molecule has 248 valence electrons. The molecule has 8 aromatic carbocycles. The van der Waals surface area contributed by atoms with Gasteiger partial charge in [0.15, 0.2) is 0 Å². The number of nitrogens with zero attached hydrogens (tertiary/aromatic N) is 3. The van der Waals surface area contributed by atoms with Gasteiger partial charge in [-0.2, -0.15) is 0 Å². The molecule has 1 aliphatic rings. The molecule has 11 aromatic rings. The fourth-order valence-corrected chi connectivity index (χ4v) is 9.92. The third-order valence-corrected chi connectivity index (χ3v) is 12.3. The Morgan fingerprint density at radius 1 is 0.453 bits per heavy atom. The predicted molar refractivity (Wildman–Crippen MR) is 225 cm³/mol. The number of hydrogen-bond donors (Lipinski definition) is 1. The summed E-state index contributed by atoms with van der Waals surface area (Å²) in [5.41, 5.74) is 9.15. The first-order chi connectivity index (χ1) is 26.3. The highest BCUT2D eigenvalue weighted by atomic mass is 32.1. The number of fused-ring (bicyclic) bond motifs is 11. The van der Waals surface area contributed by atoms with Crippen molar-refractivity contribution >= 4 is 97.5 Å². The van der Waals surface area contributed by atoms with E-state index in [-0.39, 0.29) is 6.04 Å². The fraction of sp³-hybridized carbons (Fsp3) is 0.0208. The second-order valence-corrected chi connectivity index (χ2v) is 15.1. The summed E-state index contributed by atoms with van der Waals surface area (Å²) in [6, 6.07) is 61.7. The highest BCUT2D eigenvalue weighted by Gasteiger charge is 2.27. The summed E-state index contributed by atoms with van der Waals surface area (Å²) in [4.78, 5) is 5.36. The van der Waals surface area contributed by atoms with Gasteiger partial charge < -0.3 is 9.88 Å². The van der Waals surface area contributed by atoms with E-state index in [9.17, 15) is 0 Å². The molecule has 0 aliphatic carbocycles. The molecule has 1 unspecified atom stereocenters. The molecule has 12 rings (SSSR count). The lowest BCUT2D eigenvalue weighted by Gasteiger charge is -2.28. The van der Waals surface area contributed by atoms with Crippen LogP contribution in [0.15, 0.2) is 175 Å². The number of hydrogen-bond acceptors (Lipinski definition) is 3. The van der Waals surface area contributed by atoms with Gasteiger partial charge in [-0.05, 0) is 77.0 Å². The summed E-state index contributed by atoms with van der Waals surface area (Å²) in [5, 5.41) is 14.1. The molecule has 4 nitrogen and oxygen atoms in total. The van der Waals surface area contributed by atoms with Crippen molar-refractivity contribution in [2.75, 3.05) is 0 Å². The zero-order valence-corrected chi connectivity index (χ0v) is 29.3. The third kappa shape index (κ3) is 4.20. The first-order valence-corrected chi connectivity index (χ1v) is 18.9. The molecule has 1 atom stereocenters. The van der Waals surface area contributed by atoms with E-state index in [1.54, 1.807) is 0 Å². The number of thiophene rings is 1. The van der Waals surface area contributed by atoms with Crippen LogP contribution in [0.5, 0.6) is 0 Å². The predicted octanol–water partition coefficient (Wildman–Crippen LogP) is 12.6. The van der Waals surface area contributed by atoms with E-state index >= 15 is 0 Å². The van der Waals surface area contributed by atoms with Crippen molar-refractivity contribution in [1.29, 1.82) is 0 Å². The normalized spacial score (nSPS) is 14.5. The van der Waals surface area contributed by atoms with Gasteiger partial charge >= 0.3 is 0 Å². The van der Waals surface area contributed by atoms with Crippen LogP contribution in [-0.4, -0.2) is 15.1 Å². The molecule has 1 N–H and O–H groups in total. The molecular formula is C48H30N4S. The van der Waals surface area contributed by atoms with Crippen molar-refractivity contribution in [2.45, 2.75) is 6.04 Å². The first-order valence-electron chi connectivity index (χ1n) is 18.1. The Balaban J connectivity index is 1.08. The first kappa shape index (κ1) is 28.9. The molecule has 0 amide bonds. The van der Waals surface area contributed by atoms with Crippen molar-refractivity contribution in [2.24, 2.45) is 4.99 Å². The molecule has 0 radical (unpaired) electrons.